The smallest absolute Gasteiger partial charge is 0.228 e. The van der Waals surface area contributed by atoms with Crippen LogP contribution in [0.4, 0.5) is 5.95 Å². The van der Waals surface area contributed by atoms with Gasteiger partial charge < -0.3 is 9.64 Å². The molecule has 1 saturated carbocycles. The van der Waals surface area contributed by atoms with Crippen LogP contribution in [0.3, 0.4) is 0 Å². The Balaban J connectivity index is 1.90. The highest BCUT2D eigenvalue weighted by Gasteiger charge is 2.18. The van der Waals surface area contributed by atoms with Crippen LogP contribution in [0.15, 0.2) is 6.07 Å². The van der Waals surface area contributed by atoms with Crippen LogP contribution in [0, 0.1) is 0 Å². The van der Waals surface area contributed by atoms with E-state index in [4.69, 9.17) is 4.74 Å². The second-order valence-corrected chi connectivity index (χ2v) is 6.93. The topological polar surface area (TPSA) is 38.2 Å². The normalized spacial score (nSPS) is 15.1. The average Bonchev–Trinajstić information content (AvgIpc) is 3.03. The molecule has 0 saturated heterocycles. The summed E-state index contributed by atoms with van der Waals surface area (Å²) in [4.78, 5) is 11.2. The summed E-state index contributed by atoms with van der Waals surface area (Å²) in [6.07, 6.45) is 14.1. The summed E-state index contributed by atoms with van der Waals surface area (Å²) in [5.74, 6) is 1.53. The molecular weight excluding hydrogens is 286 g/mol. The van der Waals surface area contributed by atoms with Crippen molar-refractivity contribution in [3.05, 3.63) is 11.8 Å². The van der Waals surface area contributed by atoms with Crippen molar-refractivity contribution in [2.75, 3.05) is 19.0 Å². The second kappa shape index (κ2) is 9.74. The van der Waals surface area contributed by atoms with E-state index in [-0.39, 0.29) is 0 Å². The SMILES string of the molecule is CCCCCCCCc1cc(OC2CCCC2)nc(N(C)C)n1. The van der Waals surface area contributed by atoms with Crippen LogP contribution in [0.2, 0.25) is 0 Å². The third-order valence-corrected chi connectivity index (χ3v) is 4.52. The number of unbranched alkanes of at least 4 members (excludes halogenated alkanes) is 5. The summed E-state index contributed by atoms with van der Waals surface area (Å²) in [6.45, 7) is 2.26. The van der Waals surface area contributed by atoms with Gasteiger partial charge in [0.05, 0.1) is 0 Å². The number of aromatic nitrogens is 2. The van der Waals surface area contributed by atoms with Crippen LogP contribution >= 0.6 is 0 Å². The Morgan fingerprint density at radius 3 is 2.43 bits per heavy atom. The van der Waals surface area contributed by atoms with E-state index in [1.807, 2.05) is 19.0 Å². The number of nitrogens with zero attached hydrogens (tertiary/aromatic N) is 3. The number of aryl methyl sites for hydroxylation is 1. The average molecular weight is 319 g/mol. The zero-order valence-electron chi connectivity index (χ0n) is 15.2. The van der Waals surface area contributed by atoms with Crippen LogP contribution in [-0.4, -0.2) is 30.2 Å². The molecule has 0 bridgehead atoms. The van der Waals surface area contributed by atoms with E-state index < -0.39 is 0 Å². The van der Waals surface area contributed by atoms with Gasteiger partial charge in [0.1, 0.15) is 6.10 Å². The Hall–Kier alpha value is -1.32. The lowest BCUT2D eigenvalue weighted by atomic mass is 10.1. The predicted molar refractivity (Wildman–Crippen MR) is 96.3 cm³/mol. The van der Waals surface area contributed by atoms with Crippen molar-refractivity contribution < 1.29 is 4.74 Å². The van der Waals surface area contributed by atoms with Crippen molar-refractivity contribution >= 4 is 5.95 Å². The minimum atomic E-state index is 0.349. The van der Waals surface area contributed by atoms with Gasteiger partial charge >= 0.3 is 0 Å². The van der Waals surface area contributed by atoms with Crippen LogP contribution in [0.5, 0.6) is 5.88 Å². The molecule has 0 aliphatic heterocycles. The van der Waals surface area contributed by atoms with E-state index in [1.54, 1.807) is 0 Å². The Labute approximate surface area is 141 Å². The summed E-state index contributed by atoms with van der Waals surface area (Å²) < 4.78 is 6.09. The summed E-state index contributed by atoms with van der Waals surface area (Å²) in [5.41, 5.74) is 1.12. The highest BCUT2D eigenvalue weighted by Crippen LogP contribution is 2.24. The van der Waals surface area contributed by atoms with Crippen molar-refractivity contribution in [1.29, 1.82) is 0 Å². The van der Waals surface area contributed by atoms with Gasteiger partial charge in [0.15, 0.2) is 0 Å². The van der Waals surface area contributed by atoms with Gasteiger partial charge in [-0.1, -0.05) is 39.0 Å². The first-order valence-electron chi connectivity index (χ1n) is 9.41. The fourth-order valence-corrected chi connectivity index (χ4v) is 3.11. The molecule has 0 aromatic carbocycles. The molecule has 0 amide bonds. The van der Waals surface area contributed by atoms with E-state index in [2.05, 4.69) is 23.0 Å². The fourth-order valence-electron chi connectivity index (χ4n) is 3.11. The zero-order valence-corrected chi connectivity index (χ0v) is 15.2. The molecule has 2 rings (SSSR count). The molecule has 0 spiro atoms. The third-order valence-electron chi connectivity index (χ3n) is 4.52. The molecule has 1 aliphatic rings. The van der Waals surface area contributed by atoms with E-state index in [0.717, 1.165) is 36.8 Å². The largest absolute Gasteiger partial charge is 0.474 e. The highest BCUT2D eigenvalue weighted by atomic mass is 16.5. The van der Waals surface area contributed by atoms with Crippen LogP contribution in [0.1, 0.15) is 76.8 Å². The van der Waals surface area contributed by atoms with Gasteiger partial charge in [-0.15, -0.1) is 0 Å². The predicted octanol–water partition coefficient (Wildman–Crippen LogP) is 4.77. The summed E-state index contributed by atoms with van der Waals surface area (Å²) in [5, 5.41) is 0. The molecule has 0 radical (unpaired) electrons. The summed E-state index contributed by atoms with van der Waals surface area (Å²) in [6, 6.07) is 2.05. The Morgan fingerprint density at radius 1 is 1.04 bits per heavy atom. The summed E-state index contributed by atoms with van der Waals surface area (Å²) >= 11 is 0. The van der Waals surface area contributed by atoms with Crippen molar-refractivity contribution in [2.45, 2.75) is 83.7 Å². The molecule has 1 aromatic rings. The maximum atomic E-state index is 6.09. The number of ether oxygens (including phenoxy) is 1. The lowest BCUT2D eigenvalue weighted by molar-refractivity contribution is 0.201. The maximum absolute atomic E-state index is 6.09. The number of hydrogen-bond donors (Lipinski definition) is 0. The molecule has 4 nitrogen and oxygen atoms in total. The van der Waals surface area contributed by atoms with Gasteiger partial charge in [-0.3, -0.25) is 0 Å². The van der Waals surface area contributed by atoms with Gasteiger partial charge in [0.2, 0.25) is 11.8 Å². The van der Waals surface area contributed by atoms with Crippen molar-refractivity contribution in [1.82, 2.24) is 9.97 Å². The molecule has 1 aliphatic carbocycles. The molecule has 1 heterocycles. The number of anilines is 1. The molecule has 130 valence electrons. The van der Waals surface area contributed by atoms with E-state index in [0.29, 0.717) is 6.10 Å². The third kappa shape index (κ3) is 6.36. The van der Waals surface area contributed by atoms with Gasteiger partial charge in [0.25, 0.3) is 0 Å². The quantitative estimate of drug-likeness (QED) is 0.582. The first-order chi connectivity index (χ1) is 11.2. The van der Waals surface area contributed by atoms with Gasteiger partial charge in [0, 0.05) is 25.9 Å². The summed E-state index contributed by atoms with van der Waals surface area (Å²) in [7, 11) is 3.98. The number of rotatable bonds is 10. The Kier molecular flexibility index (Phi) is 7.63. The van der Waals surface area contributed by atoms with Crippen LogP contribution in [-0.2, 0) is 6.42 Å². The number of hydrogen-bond acceptors (Lipinski definition) is 4. The van der Waals surface area contributed by atoms with Crippen LogP contribution in [0.25, 0.3) is 0 Å². The first kappa shape index (κ1) is 18.0. The van der Waals surface area contributed by atoms with Crippen molar-refractivity contribution in [3.8, 4) is 5.88 Å². The maximum Gasteiger partial charge on any atom is 0.228 e. The van der Waals surface area contributed by atoms with E-state index in [9.17, 15) is 0 Å². The molecule has 1 fully saturated rings. The van der Waals surface area contributed by atoms with Gasteiger partial charge in [-0.2, -0.15) is 4.98 Å². The van der Waals surface area contributed by atoms with Gasteiger partial charge in [-0.05, 0) is 38.5 Å². The lowest BCUT2D eigenvalue weighted by Crippen LogP contribution is -2.17. The zero-order chi connectivity index (χ0) is 16.5. The molecule has 23 heavy (non-hydrogen) atoms. The molecule has 0 N–H and O–H groups in total. The minimum absolute atomic E-state index is 0.349. The molecular formula is C19H33N3O. The molecule has 1 aromatic heterocycles. The lowest BCUT2D eigenvalue weighted by Gasteiger charge is -2.16. The Bertz CT molecular complexity index is 456. The minimum Gasteiger partial charge on any atom is -0.474 e. The monoisotopic (exact) mass is 319 g/mol. The molecule has 0 atom stereocenters. The first-order valence-corrected chi connectivity index (χ1v) is 9.41. The molecule has 4 heteroatoms. The highest BCUT2D eigenvalue weighted by molar-refractivity contribution is 5.32. The fraction of sp³-hybridized carbons (Fsp3) is 0.789. The van der Waals surface area contributed by atoms with Crippen molar-refractivity contribution in [3.63, 3.8) is 0 Å². The van der Waals surface area contributed by atoms with E-state index >= 15 is 0 Å². The van der Waals surface area contributed by atoms with E-state index in [1.165, 1.54) is 51.4 Å². The Morgan fingerprint density at radius 2 is 1.74 bits per heavy atom. The van der Waals surface area contributed by atoms with Gasteiger partial charge in [-0.25, -0.2) is 4.98 Å². The second-order valence-electron chi connectivity index (χ2n) is 6.93. The molecule has 0 unspecified atom stereocenters. The standard InChI is InChI=1S/C19H33N3O/c1-4-5-6-7-8-9-12-16-15-18(21-19(20-16)22(2)3)23-17-13-10-11-14-17/h15,17H,4-14H2,1-3H3. The van der Waals surface area contributed by atoms with Crippen LogP contribution < -0.4 is 9.64 Å². The van der Waals surface area contributed by atoms with Crippen molar-refractivity contribution in [2.24, 2.45) is 0 Å².